The zero-order valence-corrected chi connectivity index (χ0v) is 13.3. The number of benzene rings is 2. The smallest absolute Gasteiger partial charge is 0.221 e. The minimum atomic E-state index is -0.130. The van der Waals surface area contributed by atoms with Crippen molar-refractivity contribution in [3.63, 3.8) is 0 Å². The van der Waals surface area contributed by atoms with Crippen LogP contribution in [0.2, 0.25) is 5.02 Å². The maximum absolute atomic E-state index is 10.9. The van der Waals surface area contributed by atoms with Gasteiger partial charge in [0.1, 0.15) is 5.75 Å². The summed E-state index contributed by atoms with van der Waals surface area (Å²) in [7, 11) is 0. The van der Waals surface area contributed by atoms with Crippen LogP contribution in [0.3, 0.4) is 0 Å². The van der Waals surface area contributed by atoms with Crippen molar-refractivity contribution in [2.75, 3.05) is 16.0 Å². The highest BCUT2D eigenvalue weighted by Crippen LogP contribution is 2.26. The van der Waals surface area contributed by atoms with Crippen LogP contribution in [-0.2, 0) is 4.79 Å². The lowest BCUT2D eigenvalue weighted by molar-refractivity contribution is -0.114. The Balaban J connectivity index is 1.99. The predicted octanol–water partition coefficient (Wildman–Crippen LogP) is 3.81. The standard InChI is InChI=1S/C15H14ClN3O2S/c1-9(20)17-11-3-5-12(6-4-11)18-15(22)19-13-8-10(16)2-7-14(13)21/h2-8,21H,1H3,(H,17,20)(H2,18,19,22). The van der Waals surface area contributed by atoms with E-state index in [1.807, 2.05) is 0 Å². The molecule has 0 radical (unpaired) electrons. The molecule has 1 amide bonds. The van der Waals surface area contributed by atoms with Crippen LogP contribution >= 0.6 is 23.8 Å². The molecule has 0 aromatic heterocycles. The summed E-state index contributed by atoms with van der Waals surface area (Å²) in [5.41, 5.74) is 1.86. The van der Waals surface area contributed by atoms with Gasteiger partial charge in [-0.2, -0.15) is 0 Å². The van der Waals surface area contributed by atoms with Crippen LogP contribution in [0.25, 0.3) is 0 Å². The number of hydrogen-bond acceptors (Lipinski definition) is 3. The Morgan fingerprint density at radius 3 is 2.23 bits per heavy atom. The monoisotopic (exact) mass is 335 g/mol. The summed E-state index contributed by atoms with van der Waals surface area (Å²) in [6.07, 6.45) is 0. The van der Waals surface area contributed by atoms with Crippen LogP contribution in [0.5, 0.6) is 5.75 Å². The number of phenols is 1. The van der Waals surface area contributed by atoms with E-state index < -0.39 is 0 Å². The molecule has 0 bridgehead atoms. The summed E-state index contributed by atoms with van der Waals surface area (Å²) in [4.78, 5) is 10.9. The van der Waals surface area contributed by atoms with E-state index in [0.717, 1.165) is 5.69 Å². The molecule has 5 nitrogen and oxygen atoms in total. The molecule has 0 spiro atoms. The lowest BCUT2D eigenvalue weighted by Gasteiger charge is -2.12. The van der Waals surface area contributed by atoms with Gasteiger partial charge in [-0.3, -0.25) is 4.79 Å². The number of nitrogens with one attached hydrogen (secondary N) is 3. The third-order valence-corrected chi connectivity index (χ3v) is 3.11. The van der Waals surface area contributed by atoms with Crippen molar-refractivity contribution in [3.05, 3.63) is 47.5 Å². The van der Waals surface area contributed by atoms with Gasteiger partial charge in [-0.05, 0) is 54.7 Å². The Bertz CT molecular complexity index is 704. The SMILES string of the molecule is CC(=O)Nc1ccc(NC(=S)Nc2cc(Cl)ccc2O)cc1. The summed E-state index contributed by atoms with van der Waals surface area (Å²) in [5, 5.41) is 19.0. The molecule has 22 heavy (non-hydrogen) atoms. The van der Waals surface area contributed by atoms with E-state index in [4.69, 9.17) is 23.8 Å². The molecular formula is C15H14ClN3O2S. The second-order valence-electron chi connectivity index (χ2n) is 4.50. The molecular weight excluding hydrogens is 322 g/mol. The minimum Gasteiger partial charge on any atom is -0.506 e. The number of thiocarbonyl (C=S) groups is 1. The Morgan fingerprint density at radius 2 is 1.64 bits per heavy atom. The number of halogens is 1. The number of rotatable bonds is 3. The van der Waals surface area contributed by atoms with E-state index in [0.29, 0.717) is 21.5 Å². The number of carbonyl (C=O) groups excluding carboxylic acids is 1. The van der Waals surface area contributed by atoms with Gasteiger partial charge in [-0.25, -0.2) is 0 Å². The molecule has 0 heterocycles. The summed E-state index contributed by atoms with van der Waals surface area (Å²) >= 11 is 11.0. The first kappa shape index (κ1) is 16.1. The second kappa shape index (κ2) is 7.11. The van der Waals surface area contributed by atoms with E-state index in [1.165, 1.54) is 13.0 Å². The molecule has 2 aromatic rings. The van der Waals surface area contributed by atoms with Gasteiger partial charge < -0.3 is 21.1 Å². The van der Waals surface area contributed by atoms with Crippen molar-refractivity contribution in [1.29, 1.82) is 0 Å². The van der Waals surface area contributed by atoms with Crippen LogP contribution in [0.1, 0.15) is 6.92 Å². The molecule has 0 aliphatic carbocycles. The van der Waals surface area contributed by atoms with E-state index >= 15 is 0 Å². The van der Waals surface area contributed by atoms with E-state index in [-0.39, 0.29) is 11.7 Å². The Hall–Kier alpha value is -2.31. The van der Waals surface area contributed by atoms with Gasteiger partial charge in [-0.15, -0.1) is 0 Å². The van der Waals surface area contributed by atoms with Gasteiger partial charge in [0.2, 0.25) is 5.91 Å². The first-order valence-electron chi connectivity index (χ1n) is 6.38. The third kappa shape index (κ3) is 4.61. The normalized spacial score (nSPS) is 9.91. The number of carbonyl (C=O) groups is 1. The Kier molecular flexibility index (Phi) is 5.19. The van der Waals surface area contributed by atoms with Gasteiger partial charge in [0, 0.05) is 23.3 Å². The molecule has 0 atom stereocenters. The third-order valence-electron chi connectivity index (χ3n) is 2.67. The van der Waals surface area contributed by atoms with Gasteiger partial charge in [-0.1, -0.05) is 11.6 Å². The molecule has 4 N–H and O–H groups in total. The maximum atomic E-state index is 10.9. The lowest BCUT2D eigenvalue weighted by Crippen LogP contribution is -2.19. The maximum Gasteiger partial charge on any atom is 0.221 e. The quantitative estimate of drug-likeness (QED) is 0.507. The Labute approximate surface area is 138 Å². The van der Waals surface area contributed by atoms with E-state index in [9.17, 15) is 9.90 Å². The van der Waals surface area contributed by atoms with Crippen molar-refractivity contribution in [2.45, 2.75) is 6.92 Å². The molecule has 0 aliphatic heterocycles. The summed E-state index contributed by atoms with van der Waals surface area (Å²) in [6.45, 7) is 1.45. The fourth-order valence-corrected chi connectivity index (χ4v) is 2.13. The average Bonchev–Trinajstić information content (AvgIpc) is 2.44. The molecule has 0 saturated heterocycles. The molecule has 2 aromatic carbocycles. The highest BCUT2D eigenvalue weighted by atomic mass is 35.5. The molecule has 0 fully saturated rings. The summed E-state index contributed by atoms with van der Waals surface area (Å²) < 4.78 is 0. The minimum absolute atomic E-state index is 0.0505. The van der Waals surface area contributed by atoms with Crippen molar-refractivity contribution in [3.8, 4) is 5.75 Å². The van der Waals surface area contributed by atoms with Gasteiger partial charge >= 0.3 is 0 Å². The highest BCUT2D eigenvalue weighted by molar-refractivity contribution is 7.80. The summed E-state index contributed by atoms with van der Waals surface area (Å²) in [6, 6.07) is 11.7. The average molecular weight is 336 g/mol. The number of anilines is 3. The van der Waals surface area contributed by atoms with E-state index in [2.05, 4.69) is 16.0 Å². The van der Waals surface area contributed by atoms with Crippen molar-refractivity contribution >= 4 is 51.9 Å². The second-order valence-corrected chi connectivity index (χ2v) is 5.34. The van der Waals surface area contributed by atoms with Crippen LogP contribution in [0.4, 0.5) is 17.1 Å². The molecule has 2 rings (SSSR count). The fourth-order valence-electron chi connectivity index (χ4n) is 1.73. The first-order valence-corrected chi connectivity index (χ1v) is 7.17. The van der Waals surface area contributed by atoms with Gasteiger partial charge in [0.15, 0.2) is 5.11 Å². The van der Waals surface area contributed by atoms with Crippen LogP contribution < -0.4 is 16.0 Å². The van der Waals surface area contributed by atoms with Gasteiger partial charge in [0.05, 0.1) is 5.69 Å². The first-order chi connectivity index (χ1) is 10.4. The number of hydrogen-bond donors (Lipinski definition) is 4. The number of amides is 1. The van der Waals surface area contributed by atoms with Crippen LogP contribution in [-0.4, -0.2) is 16.1 Å². The predicted molar refractivity (Wildman–Crippen MR) is 93.7 cm³/mol. The summed E-state index contributed by atoms with van der Waals surface area (Å²) in [5.74, 6) is -0.0797. The van der Waals surface area contributed by atoms with Crippen molar-refractivity contribution in [2.24, 2.45) is 0 Å². The molecule has 0 aliphatic rings. The number of phenolic OH excluding ortho intramolecular Hbond substituents is 1. The Morgan fingerprint density at radius 1 is 1.05 bits per heavy atom. The molecule has 0 saturated carbocycles. The zero-order chi connectivity index (χ0) is 16.1. The topological polar surface area (TPSA) is 73.4 Å². The van der Waals surface area contributed by atoms with Crippen LogP contribution in [0.15, 0.2) is 42.5 Å². The molecule has 0 unspecified atom stereocenters. The number of aromatic hydroxyl groups is 1. The van der Waals surface area contributed by atoms with Crippen LogP contribution in [0, 0.1) is 0 Å². The zero-order valence-electron chi connectivity index (χ0n) is 11.7. The van der Waals surface area contributed by atoms with E-state index in [1.54, 1.807) is 36.4 Å². The molecule has 114 valence electrons. The van der Waals surface area contributed by atoms with Crippen molar-refractivity contribution in [1.82, 2.24) is 0 Å². The highest BCUT2D eigenvalue weighted by Gasteiger charge is 2.05. The largest absolute Gasteiger partial charge is 0.506 e. The fraction of sp³-hybridized carbons (Fsp3) is 0.0667. The molecule has 7 heteroatoms. The van der Waals surface area contributed by atoms with Gasteiger partial charge in [0.25, 0.3) is 0 Å². The lowest BCUT2D eigenvalue weighted by atomic mass is 10.2. The van der Waals surface area contributed by atoms with Crippen molar-refractivity contribution < 1.29 is 9.90 Å².